The van der Waals surface area contributed by atoms with Crippen molar-refractivity contribution in [2.24, 2.45) is 5.73 Å². The zero-order valence-electron chi connectivity index (χ0n) is 6.73. The topological polar surface area (TPSA) is 93.3 Å². The number of nitrogens with two attached hydrogens (primary N) is 1. The molecule has 1 aromatic rings. The average molecular weight is 180 g/mol. The van der Waals surface area contributed by atoms with Gasteiger partial charge in [0.1, 0.15) is 0 Å². The van der Waals surface area contributed by atoms with Crippen LogP contribution < -0.4 is 5.73 Å². The number of pyridine rings is 1. The molecule has 0 amide bonds. The van der Waals surface area contributed by atoms with Crippen LogP contribution in [0.1, 0.15) is 20.7 Å². The van der Waals surface area contributed by atoms with E-state index >= 15 is 0 Å². The van der Waals surface area contributed by atoms with Crippen molar-refractivity contribution in [2.75, 3.05) is 6.54 Å². The average Bonchev–Trinajstić information content (AvgIpc) is 2.16. The highest BCUT2D eigenvalue weighted by molar-refractivity contribution is 6.06. The molecule has 0 saturated carbocycles. The van der Waals surface area contributed by atoms with E-state index in [-0.39, 0.29) is 17.7 Å². The van der Waals surface area contributed by atoms with E-state index in [0.29, 0.717) is 0 Å². The quantitative estimate of drug-likeness (QED) is 0.634. The Morgan fingerprint density at radius 3 is 2.69 bits per heavy atom. The molecule has 0 radical (unpaired) electrons. The second-order valence-corrected chi connectivity index (χ2v) is 2.35. The van der Waals surface area contributed by atoms with Gasteiger partial charge in [0, 0.05) is 18.0 Å². The van der Waals surface area contributed by atoms with Crippen LogP contribution >= 0.6 is 0 Å². The van der Waals surface area contributed by atoms with Gasteiger partial charge in [0.15, 0.2) is 5.78 Å². The molecule has 0 bridgehead atoms. The number of Topliss-reactive ketones (excluding diaryl/α,β-unsaturated/α-hetero) is 1. The minimum Gasteiger partial charge on any atom is -0.478 e. The van der Waals surface area contributed by atoms with E-state index in [4.69, 9.17) is 10.8 Å². The predicted octanol–water partition coefficient (Wildman–Crippen LogP) is -0.0788. The largest absolute Gasteiger partial charge is 0.478 e. The number of aromatic carboxylic acids is 1. The summed E-state index contributed by atoms with van der Waals surface area (Å²) in [7, 11) is 0. The van der Waals surface area contributed by atoms with E-state index in [1.165, 1.54) is 12.3 Å². The number of rotatable bonds is 3. The summed E-state index contributed by atoms with van der Waals surface area (Å²) in [6, 6.07) is 1.35. The number of hydrogen-bond donors (Lipinski definition) is 2. The fraction of sp³-hybridized carbons (Fsp3) is 0.125. The van der Waals surface area contributed by atoms with Crippen LogP contribution in [0.15, 0.2) is 18.5 Å². The highest BCUT2D eigenvalue weighted by atomic mass is 16.4. The first kappa shape index (κ1) is 9.34. The molecule has 3 N–H and O–H groups in total. The maximum absolute atomic E-state index is 11.1. The second kappa shape index (κ2) is 3.77. The summed E-state index contributed by atoms with van der Waals surface area (Å²) in [5.74, 6) is -1.58. The minimum atomic E-state index is -1.18. The molecule has 0 aliphatic heterocycles. The van der Waals surface area contributed by atoms with Gasteiger partial charge in [-0.25, -0.2) is 4.79 Å². The van der Waals surface area contributed by atoms with Crippen molar-refractivity contribution in [1.29, 1.82) is 0 Å². The van der Waals surface area contributed by atoms with E-state index in [1.807, 2.05) is 0 Å². The van der Waals surface area contributed by atoms with Gasteiger partial charge in [0.25, 0.3) is 0 Å². The molecular formula is C8H8N2O3. The predicted molar refractivity (Wildman–Crippen MR) is 44.6 cm³/mol. The molecule has 0 saturated heterocycles. The van der Waals surface area contributed by atoms with Crippen LogP contribution in [0.4, 0.5) is 0 Å². The van der Waals surface area contributed by atoms with Gasteiger partial charge in [0.2, 0.25) is 0 Å². The van der Waals surface area contributed by atoms with Gasteiger partial charge in [0.05, 0.1) is 12.1 Å². The first-order valence-corrected chi connectivity index (χ1v) is 3.57. The summed E-state index contributed by atoms with van der Waals surface area (Å²) in [4.78, 5) is 25.3. The number of carboxylic acid groups (broad SMARTS) is 1. The summed E-state index contributed by atoms with van der Waals surface area (Å²) in [6.07, 6.45) is 2.49. The molecule has 0 fully saturated rings. The van der Waals surface area contributed by atoms with Crippen molar-refractivity contribution >= 4 is 11.8 Å². The Kier molecular flexibility index (Phi) is 2.71. The Hall–Kier alpha value is -1.75. The van der Waals surface area contributed by atoms with E-state index in [9.17, 15) is 9.59 Å². The van der Waals surface area contributed by atoms with Crippen molar-refractivity contribution < 1.29 is 14.7 Å². The van der Waals surface area contributed by atoms with Crippen LogP contribution in [0.5, 0.6) is 0 Å². The number of carbonyl (C=O) groups is 2. The Balaban J connectivity index is 3.19. The van der Waals surface area contributed by atoms with Crippen LogP contribution in [0, 0.1) is 0 Å². The van der Waals surface area contributed by atoms with Gasteiger partial charge >= 0.3 is 5.97 Å². The Morgan fingerprint density at radius 1 is 1.46 bits per heavy atom. The molecule has 0 atom stereocenters. The molecule has 0 spiro atoms. The number of nitrogens with zero attached hydrogens (tertiary/aromatic N) is 1. The zero-order valence-corrected chi connectivity index (χ0v) is 6.73. The smallest absolute Gasteiger partial charge is 0.338 e. The lowest BCUT2D eigenvalue weighted by Gasteiger charge is -2.01. The molecule has 0 aliphatic carbocycles. The third kappa shape index (κ3) is 1.88. The van der Waals surface area contributed by atoms with Crippen LogP contribution in [0.3, 0.4) is 0 Å². The molecule has 1 rings (SSSR count). The van der Waals surface area contributed by atoms with Crippen molar-refractivity contribution in [3.63, 3.8) is 0 Å². The van der Waals surface area contributed by atoms with Gasteiger partial charge in [-0.2, -0.15) is 0 Å². The summed E-state index contributed by atoms with van der Waals surface area (Å²) in [5, 5.41) is 8.68. The number of hydrogen-bond acceptors (Lipinski definition) is 4. The lowest BCUT2D eigenvalue weighted by atomic mass is 10.1. The third-order valence-corrected chi connectivity index (χ3v) is 1.54. The van der Waals surface area contributed by atoms with Crippen molar-refractivity contribution in [3.05, 3.63) is 29.6 Å². The number of aromatic nitrogens is 1. The molecule has 0 aromatic carbocycles. The normalized spacial score (nSPS) is 9.62. The maximum Gasteiger partial charge on any atom is 0.338 e. The molecular weight excluding hydrogens is 172 g/mol. The fourth-order valence-electron chi connectivity index (χ4n) is 0.918. The highest BCUT2D eigenvalue weighted by Crippen LogP contribution is 2.06. The van der Waals surface area contributed by atoms with Crippen LogP contribution in [0.2, 0.25) is 0 Å². The maximum atomic E-state index is 11.1. The fourth-order valence-corrected chi connectivity index (χ4v) is 0.918. The van der Waals surface area contributed by atoms with E-state index < -0.39 is 11.8 Å². The van der Waals surface area contributed by atoms with Crippen molar-refractivity contribution in [1.82, 2.24) is 4.98 Å². The molecule has 1 aromatic heterocycles. The van der Waals surface area contributed by atoms with Crippen LogP contribution in [-0.2, 0) is 0 Å². The van der Waals surface area contributed by atoms with E-state index in [2.05, 4.69) is 4.98 Å². The van der Waals surface area contributed by atoms with Crippen LogP contribution in [0.25, 0.3) is 0 Å². The van der Waals surface area contributed by atoms with Gasteiger partial charge < -0.3 is 10.8 Å². The summed E-state index contributed by atoms with van der Waals surface area (Å²) >= 11 is 0. The van der Waals surface area contributed by atoms with Gasteiger partial charge in [-0.15, -0.1) is 0 Å². The first-order valence-electron chi connectivity index (χ1n) is 3.57. The number of ketones is 1. The number of carbonyl (C=O) groups excluding carboxylic acids is 1. The summed E-state index contributed by atoms with van der Waals surface area (Å²) in [5.41, 5.74) is 5.10. The Bertz CT molecular complexity index is 349. The van der Waals surface area contributed by atoms with E-state index in [1.54, 1.807) is 0 Å². The van der Waals surface area contributed by atoms with Gasteiger partial charge in [-0.1, -0.05) is 0 Å². The standard InChI is InChI=1S/C8H8N2O3/c9-3-7(11)5-1-2-10-4-6(5)8(12)13/h1-2,4H,3,9H2,(H,12,13). The molecule has 5 heteroatoms. The lowest BCUT2D eigenvalue weighted by Crippen LogP contribution is -2.17. The first-order chi connectivity index (χ1) is 6.16. The van der Waals surface area contributed by atoms with Gasteiger partial charge in [-0.3, -0.25) is 9.78 Å². The molecule has 1 heterocycles. The minimum absolute atomic E-state index is 0.102. The molecule has 5 nitrogen and oxygen atoms in total. The lowest BCUT2D eigenvalue weighted by molar-refractivity contribution is 0.0691. The van der Waals surface area contributed by atoms with E-state index in [0.717, 1.165) is 6.20 Å². The van der Waals surface area contributed by atoms with Crippen molar-refractivity contribution in [3.8, 4) is 0 Å². The molecule has 13 heavy (non-hydrogen) atoms. The number of carboxylic acids is 1. The van der Waals surface area contributed by atoms with Crippen LogP contribution in [-0.4, -0.2) is 28.4 Å². The summed E-state index contributed by atoms with van der Waals surface area (Å²) < 4.78 is 0. The van der Waals surface area contributed by atoms with Gasteiger partial charge in [-0.05, 0) is 6.07 Å². The third-order valence-electron chi connectivity index (χ3n) is 1.54. The monoisotopic (exact) mass is 180 g/mol. The molecule has 68 valence electrons. The Morgan fingerprint density at radius 2 is 2.15 bits per heavy atom. The SMILES string of the molecule is NCC(=O)c1ccncc1C(=O)O. The Labute approximate surface area is 74.2 Å². The summed E-state index contributed by atoms with van der Waals surface area (Å²) in [6.45, 7) is -0.204. The highest BCUT2D eigenvalue weighted by Gasteiger charge is 2.14. The second-order valence-electron chi connectivity index (χ2n) is 2.35. The van der Waals surface area contributed by atoms with Crippen molar-refractivity contribution in [2.45, 2.75) is 0 Å². The molecule has 0 aliphatic rings. The zero-order chi connectivity index (χ0) is 9.84. The molecule has 0 unspecified atom stereocenters.